The third-order valence-corrected chi connectivity index (χ3v) is 7.41. The summed E-state index contributed by atoms with van der Waals surface area (Å²) < 4.78 is 26.0. The van der Waals surface area contributed by atoms with E-state index >= 15 is 0 Å². The van der Waals surface area contributed by atoms with Gasteiger partial charge in [0, 0.05) is 22.6 Å². The third kappa shape index (κ3) is 7.29. The van der Waals surface area contributed by atoms with Crippen molar-refractivity contribution in [2.24, 2.45) is 0 Å². The molecule has 10 heteroatoms. The first-order chi connectivity index (χ1) is 15.6. The first-order valence-corrected chi connectivity index (χ1v) is 12.4. The fourth-order valence-electron chi connectivity index (χ4n) is 3.40. The maximum absolute atomic E-state index is 13.0. The molecule has 2 atom stereocenters. The van der Waals surface area contributed by atoms with Crippen molar-refractivity contribution in [2.45, 2.75) is 35.3 Å². The van der Waals surface area contributed by atoms with Gasteiger partial charge in [-0.05, 0) is 66.9 Å². The molecule has 0 saturated carbocycles. The van der Waals surface area contributed by atoms with Gasteiger partial charge in [0.1, 0.15) is 0 Å². The molecule has 0 spiro atoms. The summed E-state index contributed by atoms with van der Waals surface area (Å²) in [5, 5.41) is 23.6. The van der Waals surface area contributed by atoms with Crippen LogP contribution in [0.3, 0.4) is 0 Å². The predicted molar refractivity (Wildman–Crippen MR) is 129 cm³/mol. The van der Waals surface area contributed by atoms with Crippen LogP contribution in [0.1, 0.15) is 35.9 Å². The van der Waals surface area contributed by atoms with Crippen LogP contribution in [0.25, 0.3) is 0 Å². The number of aliphatic hydroxyl groups is 1. The van der Waals surface area contributed by atoms with Crippen molar-refractivity contribution >= 4 is 39.0 Å². The minimum atomic E-state index is -4.06. The molecule has 0 fully saturated rings. The Balaban J connectivity index is 0.00000306. The Hall–Kier alpha value is -1.42. The summed E-state index contributed by atoms with van der Waals surface area (Å²) in [6.45, 7) is 2.29. The molecule has 0 aliphatic rings. The van der Waals surface area contributed by atoms with E-state index in [1.54, 1.807) is 36.4 Å². The van der Waals surface area contributed by atoms with Gasteiger partial charge in [0.2, 0.25) is 9.84 Å². The molecular formula is C24H24Cl2NNaO5S. The zero-order valence-electron chi connectivity index (χ0n) is 19.7. The molecular weight excluding hydrogens is 508 g/mol. The number of carboxylic acids is 1. The second kappa shape index (κ2) is 12.5. The van der Waals surface area contributed by atoms with Crippen molar-refractivity contribution < 1.29 is 54.4 Å². The molecule has 0 saturated heterocycles. The summed E-state index contributed by atoms with van der Waals surface area (Å²) in [5.41, 5.74) is 1.27. The van der Waals surface area contributed by atoms with E-state index in [1.165, 1.54) is 24.3 Å². The van der Waals surface area contributed by atoms with Gasteiger partial charge in [-0.1, -0.05) is 47.5 Å². The monoisotopic (exact) mass is 531 g/mol. The van der Waals surface area contributed by atoms with E-state index in [9.17, 15) is 23.4 Å². The normalized spacial score (nSPS) is 13.1. The first-order valence-electron chi connectivity index (χ1n) is 10.1. The van der Waals surface area contributed by atoms with E-state index in [-0.39, 0.29) is 57.4 Å². The van der Waals surface area contributed by atoms with E-state index in [0.29, 0.717) is 18.0 Å². The van der Waals surface area contributed by atoms with Crippen molar-refractivity contribution in [3.63, 3.8) is 0 Å². The Morgan fingerprint density at radius 1 is 1.03 bits per heavy atom. The number of rotatable bonds is 9. The molecule has 0 aromatic heterocycles. The molecule has 0 amide bonds. The second-order valence-corrected chi connectivity index (χ2v) is 10.5. The van der Waals surface area contributed by atoms with Crippen LogP contribution in [-0.2, 0) is 16.3 Å². The molecule has 0 unspecified atom stereocenters. The summed E-state index contributed by atoms with van der Waals surface area (Å²) in [5.74, 6) is -1.35. The molecule has 0 bridgehead atoms. The van der Waals surface area contributed by atoms with E-state index in [2.05, 4.69) is 5.32 Å². The van der Waals surface area contributed by atoms with Gasteiger partial charge in [0.05, 0.1) is 21.5 Å². The summed E-state index contributed by atoms with van der Waals surface area (Å²) in [6, 6.07) is 17.0. The average molecular weight is 532 g/mol. The molecule has 3 rings (SSSR count). The Morgan fingerprint density at radius 2 is 1.68 bits per heavy atom. The molecule has 176 valence electrons. The third-order valence-electron chi connectivity index (χ3n) is 5.13. The standard InChI is InChI=1S/C24H23Cl2NO5S.Na.H/c1-15(27-14-22(28)17-3-2-4-18(25)12-17)11-16-5-8-20(9-6-16)33(31,32)23-13-19(26)7-10-21(23)24(29)30;;/h2-10,12-13,15,22,27-28H,11,14H2,1H3,(H,29,30);;/q;+1;-1/t15-,22-;;/m1../s1. The number of halogens is 2. The number of aromatic carboxylic acids is 1. The fraction of sp³-hybridized carbons (Fsp3) is 0.208. The molecule has 0 aliphatic heterocycles. The molecule has 3 N–H and O–H groups in total. The van der Waals surface area contributed by atoms with Crippen molar-refractivity contribution in [1.29, 1.82) is 0 Å². The van der Waals surface area contributed by atoms with E-state index in [1.807, 2.05) is 6.92 Å². The predicted octanol–water partition coefficient (Wildman–Crippen LogP) is 1.90. The smallest absolute Gasteiger partial charge is 1.00 e. The maximum atomic E-state index is 13.0. The summed E-state index contributed by atoms with van der Waals surface area (Å²) in [7, 11) is -4.06. The van der Waals surface area contributed by atoms with E-state index in [4.69, 9.17) is 23.2 Å². The number of sulfone groups is 1. The molecule has 0 heterocycles. The topological polar surface area (TPSA) is 104 Å². The van der Waals surface area contributed by atoms with Crippen LogP contribution in [0, 0.1) is 0 Å². The Labute approximate surface area is 232 Å². The van der Waals surface area contributed by atoms with Crippen LogP contribution < -0.4 is 34.9 Å². The number of benzene rings is 3. The van der Waals surface area contributed by atoms with Crippen molar-refractivity contribution in [2.75, 3.05) is 6.54 Å². The Bertz CT molecular complexity index is 1260. The minimum Gasteiger partial charge on any atom is -1.00 e. The first kappa shape index (κ1) is 28.8. The van der Waals surface area contributed by atoms with Crippen LogP contribution in [0.2, 0.25) is 10.0 Å². The number of nitrogens with one attached hydrogen (secondary N) is 1. The van der Waals surface area contributed by atoms with Gasteiger partial charge in [-0.2, -0.15) is 0 Å². The van der Waals surface area contributed by atoms with Gasteiger partial charge < -0.3 is 17.0 Å². The number of hydrogen-bond donors (Lipinski definition) is 3. The largest absolute Gasteiger partial charge is 1.00 e. The maximum Gasteiger partial charge on any atom is 1.00 e. The van der Waals surface area contributed by atoms with Gasteiger partial charge in [-0.15, -0.1) is 0 Å². The SMILES string of the molecule is C[C@H](Cc1ccc(S(=O)(=O)c2cc(Cl)ccc2C(=O)O)cc1)NC[C@@H](O)c1cccc(Cl)c1.[H-].[Na+]. The van der Waals surface area contributed by atoms with Crippen LogP contribution in [0.5, 0.6) is 0 Å². The molecule has 6 nitrogen and oxygen atoms in total. The van der Waals surface area contributed by atoms with Crippen molar-refractivity contribution in [3.8, 4) is 0 Å². The van der Waals surface area contributed by atoms with E-state index < -0.39 is 21.9 Å². The van der Waals surface area contributed by atoms with Gasteiger partial charge in [-0.3, -0.25) is 0 Å². The second-order valence-electron chi connectivity index (χ2n) is 7.68. The Morgan fingerprint density at radius 3 is 2.29 bits per heavy atom. The van der Waals surface area contributed by atoms with Gasteiger partial charge in [0.15, 0.2) is 0 Å². The minimum absolute atomic E-state index is 0. The quantitative estimate of drug-likeness (QED) is 0.364. The zero-order chi connectivity index (χ0) is 24.2. The van der Waals surface area contributed by atoms with Gasteiger partial charge in [-0.25, -0.2) is 13.2 Å². The molecule has 34 heavy (non-hydrogen) atoms. The van der Waals surface area contributed by atoms with Gasteiger partial charge in [0.25, 0.3) is 0 Å². The number of aliphatic hydroxyl groups excluding tert-OH is 1. The molecule has 3 aromatic rings. The van der Waals surface area contributed by atoms with Gasteiger partial charge >= 0.3 is 35.5 Å². The fourth-order valence-corrected chi connectivity index (χ4v) is 5.31. The van der Waals surface area contributed by atoms with Crippen molar-refractivity contribution in [1.82, 2.24) is 5.32 Å². The average Bonchev–Trinajstić information content (AvgIpc) is 2.77. The van der Waals surface area contributed by atoms with Crippen LogP contribution >= 0.6 is 23.2 Å². The molecule has 3 aromatic carbocycles. The molecule has 0 aliphatic carbocycles. The van der Waals surface area contributed by atoms with Crippen molar-refractivity contribution in [3.05, 3.63) is 93.5 Å². The van der Waals surface area contributed by atoms with Crippen LogP contribution in [0.15, 0.2) is 76.5 Å². The summed E-state index contributed by atoms with van der Waals surface area (Å²) >= 11 is 11.9. The summed E-state index contributed by atoms with van der Waals surface area (Å²) in [6.07, 6.45) is -0.111. The summed E-state index contributed by atoms with van der Waals surface area (Å²) in [4.78, 5) is 11.1. The zero-order valence-corrected chi connectivity index (χ0v) is 23.0. The Kier molecular flexibility index (Phi) is 10.6. The van der Waals surface area contributed by atoms with Crippen LogP contribution in [-0.4, -0.2) is 37.2 Å². The number of carboxylic acid groups (broad SMARTS) is 1. The van der Waals surface area contributed by atoms with E-state index in [0.717, 1.165) is 17.2 Å². The number of carbonyl (C=O) groups is 1. The molecule has 0 radical (unpaired) electrons. The number of hydrogen-bond acceptors (Lipinski definition) is 5. The van der Waals surface area contributed by atoms with Crippen LogP contribution in [0.4, 0.5) is 0 Å².